The molecule has 2 aliphatic rings. The van der Waals surface area contributed by atoms with Crippen LogP contribution in [0.25, 0.3) is 0 Å². The fourth-order valence-corrected chi connectivity index (χ4v) is 5.38. The first-order chi connectivity index (χ1) is 14.4. The van der Waals surface area contributed by atoms with E-state index in [1.54, 1.807) is 12.4 Å². The van der Waals surface area contributed by atoms with E-state index in [4.69, 9.17) is 21.4 Å². The molecule has 168 valence electrons. The average molecular weight is 462 g/mol. The molecule has 0 saturated carbocycles. The number of nitrogens with zero attached hydrogens (tertiary/aromatic N) is 5. The number of piperidine rings is 1. The lowest BCUT2D eigenvalue weighted by Crippen LogP contribution is -2.49. The van der Waals surface area contributed by atoms with Gasteiger partial charge in [0.2, 0.25) is 15.9 Å². The Morgan fingerprint density at radius 2 is 1.83 bits per heavy atom. The number of piperazine rings is 1. The fraction of sp³-hybridized carbons (Fsp3) is 0.722. The van der Waals surface area contributed by atoms with Crippen LogP contribution < -0.4 is 9.64 Å². The maximum absolute atomic E-state index is 12.3. The molecule has 2 saturated heterocycles. The van der Waals surface area contributed by atoms with E-state index in [-0.39, 0.29) is 5.75 Å². The number of ether oxygens (including phenoxy) is 1. The molecule has 12 heteroatoms. The highest BCUT2D eigenvalue weighted by atomic mass is 35.5. The summed E-state index contributed by atoms with van der Waals surface area (Å²) < 4.78 is 31.8. The van der Waals surface area contributed by atoms with Crippen LogP contribution in [-0.4, -0.2) is 96.3 Å². The van der Waals surface area contributed by atoms with Gasteiger partial charge in [-0.1, -0.05) is 0 Å². The number of sulfonamides is 1. The summed E-state index contributed by atoms with van der Waals surface area (Å²) in [5.74, 6) is 1.84. The number of likely N-dealkylation sites (tertiary alicyclic amines) is 1. The number of halogens is 1. The van der Waals surface area contributed by atoms with E-state index in [2.05, 4.69) is 9.97 Å². The molecule has 0 aliphatic carbocycles. The number of alkyl halides is 1. The number of amides is 1. The molecule has 2 fully saturated rings. The van der Waals surface area contributed by atoms with Crippen LogP contribution in [0.4, 0.5) is 10.6 Å². The SMILES string of the molecule is O=C(O)N1CCC(COc2cnc(N3CCN(S(=O)(=O)CCCCl)CC3)cn2)CC1. The standard InChI is InChI=1S/C18H28ClN5O5S/c19-4-1-11-30(27,28)24-9-7-22(8-10-24)16-12-21-17(13-20-16)29-14-15-2-5-23(6-3-15)18(25)26/h12-13,15H,1-11,14H2,(H,25,26). The van der Waals surface area contributed by atoms with E-state index in [0.717, 1.165) is 12.8 Å². The van der Waals surface area contributed by atoms with Crippen molar-refractivity contribution in [2.24, 2.45) is 5.92 Å². The Kier molecular flexibility index (Phi) is 7.95. The lowest BCUT2D eigenvalue weighted by atomic mass is 9.98. The Morgan fingerprint density at radius 1 is 1.13 bits per heavy atom. The van der Waals surface area contributed by atoms with Crippen molar-refractivity contribution in [2.75, 3.05) is 62.4 Å². The van der Waals surface area contributed by atoms with Crippen molar-refractivity contribution in [1.82, 2.24) is 19.2 Å². The number of aromatic nitrogens is 2. The number of rotatable bonds is 8. The summed E-state index contributed by atoms with van der Waals surface area (Å²) in [5.41, 5.74) is 0. The maximum atomic E-state index is 12.3. The van der Waals surface area contributed by atoms with E-state index >= 15 is 0 Å². The second-order valence-corrected chi connectivity index (χ2v) is 9.95. The largest absolute Gasteiger partial charge is 0.476 e. The molecule has 0 bridgehead atoms. The lowest BCUT2D eigenvalue weighted by Gasteiger charge is -2.34. The predicted octanol–water partition coefficient (Wildman–Crippen LogP) is 1.33. The molecule has 1 aromatic heterocycles. The van der Waals surface area contributed by atoms with Crippen LogP contribution in [0, 0.1) is 5.92 Å². The van der Waals surface area contributed by atoms with Gasteiger partial charge in [-0.25, -0.2) is 23.2 Å². The van der Waals surface area contributed by atoms with Gasteiger partial charge in [0.25, 0.3) is 0 Å². The highest BCUT2D eigenvalue weighted by Gasteiger charge is 2.27. The van der Waals surface area contributed by atoms with Gasteiger partial charge in [-0.05, 0) is 25.2 Å². The zero-order chi connectivity index (χ0) is 21.6. The minimum Gasteiger partial charge on any atom is -0.476 e. The summed E-state index contributed by atoms with van der Waals surface area (Å²) in [4.78, 5) is 23.1. The van der Waals surface area contributed by atoms with Gasteiger partial charge >= 0.3 is 6.09 Å². The first-order valence-electron chi connectivity index (χ1n) is 10.1. The van der Waals surface area contributed by atoms with Crippen LogP contribution >= 0.6 is 11.6 Å². The van der Waals surface area contributed by atoms with Gasteiger partial charge in [0.1, 0.15) is 5.82 Å². The Hall–Kier alpha value is -1.85. The minimum absolute atomic E-state index is 0.0810. The predicted molar refractivity (Wildman–Crippen MR) is 113 cm³/mol. The van der Waals surface area contributed by atoms with E-state index in [1.807, 2.05) is 4.90 Å². The third-order valence-electron chi connectivity index (χ3n) is 5.46. The molecule has 0 aromatic carbocycles. The van der Waals surface area contributed by atoms with E-state index in [9.17, 15) is 13.2 Å². The zero-order valence-corrected chi connectivity index (χ0v) is 18.4. The van der Waals surface area contributed by atoms with Crippen molar-refractivity contribution in [2.45, 2.75) is 19.3 Å². The summed E-state index contributed by atoms with van der Waals surface area (Å²) in [5, 5.41) is 8.99. The molecule has 0 radical (unpaired) electrons. The van der Waals surface area contributed by atoms with Crippen LogP contribution in [-0.2, 0) is 10.0 Å². The molecule has 1 aromatic rings. The normalized spacial score (nSPS) is 19.1. The number of hydrogen-bond donors (Lipinski definition) is 1. The summed E-state index contributed by atoms with van der Waals surface area (Å²) >= 11 is 5.61. The highest BCUT2D eigenvalue weighted by Crippen LogP contribution is 2.20. The van der Waals surface area contributed by atoms with E-state index in [0.29, 0.717) is 75.8 Å². The molecular formula is C18H28ClN5O5S. The average Bonchev–Trinajstić information content (AvgIpc) is 2.77. The third-order valence-corrected chi connectivity index (χ3v) is 7.68. The number of carboxylic acid groups (broad SMARTS) is 1. The molecule has 0 unspecified atom stereocenters. The molecular weight excluding hydrogens is 434 g/mol. The molecule has 0 atom stereocenters. The molecule has 3 rings (SSSR count). The van der Waals surface area contributed by atoms with Crippen LogP contribution in [0.3, 0.4) is 0 Å². The monoisotopic (exact) mass is 461 g/mol. The number of hydrogen-bond acceptors (Lipinski definition) is 7. The van der Waals surface area contributed by atoms with Crippen molar-refractivity contribution in [1.29, 1.82) is 0 Å². The Labute approximate surface area is 181 Å². The van der Waals surface area contributed by atoms with Gasteiger partial charge < -0.3 is 19.6 Å². The van der Waals surface area contributed by atoms with E-state index < -0.39 is 16.1 Å². The van der Waals surface area contributed by atoms with Gasteiger partial charge in [0.15, 0.2) is 0 Å². The molecule has 2 aliphatic heterocycles. The fourth-order valence-electron chi connectivity index (χ4n) is 3.60. The third kappa shape index (κ3) is 6.08. The van der Waals surface area contributed by atoms with Gasteiger partial charge in [0, 0.05) is 45.1 Å². The summed E-state index contributed by atoms with van der Waals surface area (Å²) in [6.45, 7) is 3.48. The minimum atomic E-state index is -3.25. The summed E-state index contributed by atoms with van der Waals surface area (Å²) in [6, 6.07) is 0. The highest BCUT2D eigenvalue weighted by molar-refractivity contribution is 7.89. The van der Waals surface area contributed by atoms with Crippen molar-refractivity contribution < 1.29 is 23.1 Å². The van der Waals surface area contributed by atoms with Crippen LogP contribution in [0.5, 0.6) is 5.88 Å². The lowest BCUT2D eigenvalue weighted by molar-refractivity contribution is 0.111. The van der Waals surface area contributed by atoms with Crippen LogP contribution in [0.1, 0.15) is 19.3 Å². The van der Waals surface area contributed by atoms with Crippen molar-refractivity contribution in [3.63, 3.8) is 0 Å². The molecule has 1 N–H and O–H groups in total. The first-order valence-corrected chi connectivity index (χ1v) is 12.2. The second-order valence-electron chi connectivity index (χ2n) is 7.48. The van der Waals surface area contributed by atoms with Crippen LogP contribution in [0.2, 0.25) is 0 Å². The van der Waals surface area contributed by atoms with Gasteiger partial charge in [-0.2, -0.15) is 4.31 Å². The molecule has 0 spiro atoms. The Balaban J connectivity index is 1.43. The van der Waals surface area contributed by atoms with Gasteiger partial charge in [0.05, 0.1) is 24.8 Å². The topological polar surface area (TPSA) is 116 Å². The Morgan fingerprint density at radius 3 is 2.40 bits per heavy atom. The van der Waals surface area contributed by atoms with Crippen molar-refractivity contribution in [3.05, 3.63) is 12.4 Å². The maximum Gasteiger partial charge on any atom is 0.407 e. The van der Waals surface area contributed by atoms with Crippen LogP contribution in [0.15, 0.2) is 12.4 Å². The molecule has 30 heavy (non-hydrogen) atoms. The second kappa shape index (κ2) is 10.5. The van der Waals surface area contributed by atoms with Crippen molar-refractivity contribution in [3.8, 4) is 5.88 Å². The molecule has 1 amide bonds. The Bertz CT molecular complexity index is 794. The smallest absolute Gasteiger partial charge is 0.407 e. The summed E-state index contributed by atoms with van der Waals surface area (Å²) in [6.07, 6.45) is 4.34. The van der Waals surface area contributed by atoms with Gasteiger partial charge in [-0.3, -0.25) is 0 Å². The molecule has 3 heterocycles. The summed E-state index contributed by atoms with van der Waals surface area (Å²) in [7, 11) is -3.25. The molecule has 10 nitrogen and oxygen atoms in total. The van der Waals surface area contributed by atoms with Crippen molar-refractivity contribution >= 4 is 33.5 Å². The number of carbonyl (C=O) groups is 1. The quantitative estimate of drug-likeness (QED) is 0.576. The van der Waals surface area contributed by atoms with Gasteiger partial charge in [-0.15, -0.1) is 11.6 Å². The van der Waals surface area contributed by atoms with E-state index in [1.165, 1.54) is 9.21 Å². The first kappa shape index (κ1) is 22.8. The number of anilines is 1. The zero-order valence-electron chi connectivity index (χ0n) is 16.8.